The van der Waals surface area contributed by atoms with Gasteiger partial charge in [-0.1, -0.05) is 24.3 Å². The molecule has 76 valence electrons. The smallest absolute Gasteiger partial charge is 0.00445 e. The normalized spacial score (nSPS) is 27.6. The number of hydrogen-bond donors (Lipinski definition) is 1. The number of benzene rings is 1. The number of aryl methyl sites for hydroxylation is 1. The van der Waals surface area contributed by atoms with Gasteiger partial charge in [0.05, 0.1) is 0 Å². The van der Waals surface area contributed by atoms with Gasteiger partial charge < -0.3 is 5.32 Å². The van der Waals surface area contributed by atoms with Gasteiger partial charge in [0.15, 0.2) is 0 Å². The minimum Gasteiger partial charge on any atom is -0.314 e. The molecule has 1 saturated heterocycles. The first kappa shape index (κ1) is 9.72. The lowest BCUT2D eigenvalue weighted by atomic mass is 9.85. The molecule has 2 atom stereocenters. The van der Waals surface area contributed by atoms with E-state index < -0.39 is 0 Å². The molecule has 0 saturated carbocycles. The zero-order valence-electron chi connectivity index (χ0n) is 9.09. The first-order valence-corrected chi connectivity index (χ1v) is 5.56. The van der Waals surface area contributed by atoms with Crippen LogP contribution in [0, 0.1) is 6.92 Å². The lowest BCUT2D eigenvalue weighted by Gasteiger charge is -2.29. The Morgan fingerprint density at radius 2 is 2.07 bits per heavy atom. The first-order valence-electron chi connectivity index (χ1n) is 5.56. The Morgan fingerprint density at radius 3 is 2.79 bits per heavy atom. The van der Waals surface area contributed by atoms with E-state index in [1.165, 1.54) is 24.9 Å². The third kappa shape index (κ3) is 1.98. The molecule has 2 unspecified atom stereocenters. The fourth-order valence-corrected chi connectivity index (χ4v) is 2.46. The molecule has 1 nitrogen and oxygen atoms in total. The van der Waals surface area contributed by atoms with Gasteiger partial charge in [-0.15, -0.1) is 0 Å². The van der Waals surface area contributed by atoms with Crippen molar-refractivity contribution in [3.8, 4) is 0 Å². The Balaban J connectivity index is 2.18. The molecule has 1 aromatic carbocycles. The van der Waals surface area contributed by atoms with Gasteiger partial charge in [-0.2, -0.15) is 0 Å². The summed E-state index contributed by atoms with van der Waals surface area (Å²) >= 11 is 0. The molecule has 2 rings (SSSR count). The zero-order chi connectivity index (χ0) is 9.97. The Labute approximate surface area is 86.5 Å². The van der Waals surface area contributed by atoms with Gasteiger partial charge in [-0.3, -0.25) is 0 Å². The van der Waals surface area contributed by atoms with Gasteiger partial charge in [-0.25, -0.2) is 0 Å². The van der Waals surface area contributed by atoms with E-state index in [0.717, 1.165) is 5.92 Å². The summed E-state index contributed by atoms with van der Waals surface area (Å²) in [4.78, 5) is 0. The van der Waals surface area contributed by atoms with E-state index >= 15 is 0 Å². The molecule has 1 aromatic rings. The minimum absolute atomic E-state index is 0.674. The van der Waals surface area contributed by atoms with Crippen molar-refractivity contribution in [3.05, 3.63) is 35.4 Å². The third-order valence-electron chi connectivity index (χ3n) is 3.25. The van der Waals surface area contributed by atoms with E-state index in [1.807, 2.05) is 0 Å². The van der Waals surface area contributed by atoms with Crippen LogP contribution in [0.15, 0.2) is 24.3 Å². The average molecular weight is 189 g/mol. The summed E-state index contributed by atoms with van der Waals surface area (Å²) in [5.74, 6) is 0.771. The highest BCUT2D eigenvalue weighted by molar-refractivity contribution is 5.29. The third-order valence-corrected chi connectivity index (χ3v) is 3.25. The maximum atomic E-state index is 3.50. The molecule has 1 fully saturated rings. The van der Waals surface area contributed by atoms with E-state index in [0.29, 0.717) is 6.04 Å². The van der Waals surface area contributed by atoms with Crippen LogP contribution in [0.1, 0.15) is 36.8 Å². The molecule has 0 spiro atoms. The second-order valence-electron chi connectivity index (χ2n) is 4.43. The summed E-state index contributed by atoms with van der Waals surface area (Å²) < 4.78 is 0. The summed E-state index contributed by atoms with van der Waals surface area (Å²) in [5, 5.41) is 3.50. The lowest BCUT2D eigenvalue weighted by molar-refractivity contribution is 0.380. The van der Waals surface area contributed by atoms with Crippen LogP contribution in [-0.2, 0) is 0 Å². The van der Waals surface area contributed by atoms with Crippen LogP contribution in [0.4, 0.5) is 0 Å². The number of hydrogen-bond acceptors (Lipinski definition) is 1. The Morgan fingerprint density at radius 1 is 1.29 bits per heavy atom. The topological polar surface area (TPSA) is 12.0 Å². The molecule has 1 aliphatic heterocycles. The molecule has 1 aliphatic rings. The molecular weight excluding hydrogens is 170 g/mol. The molecule has 1 N–H and O–H groups in total. The maximum absolute atomic E-state index is 3.50. The molecule has 1 heteroatoms. The molecule has 1 heterocycles. The second kappa shape index (κ2) is 4.14. The molecule has 0 radical (unpaired) electrons. The van der Waals surface area contributed by atoms with Gasteiger partial charge in [0.25, 0.3) is 0 Å². The molecule has 0 aliphatic carbocycles. The highest BCUT2D eigenvalue weighted by atomic mass is 14.9. The highest BCUT2D eigenvalue weighted by Gasteiger charge is 2.20. The average Bonchev–Trinajstić information content (AvgIpc) is 2.18. The highest BCUT2D eigenvalue weighted by Crippen LogP contribution is 2.29. The van der Waals surface area contributed by atoms with Crippen LogP contribution < -0.4 is 5.32 Å². The lowest BCUT2D eigenvalue weighted by Crippen LogP contribution is -2.35. The predicted octanol–water partition coefficient (Wildman–Crippen LogP) is 2.85. The number of nitrogens with one attached hydrogen (secondary N) is 1. The Kier molecular flexibility index (Phi) is 2.87. The van der Waals surface area contributed by atoms with Gasteiger partial charge in [0, 0.05) is 6.04 Å². The van der Waals surface area contributed by atoms with Gasteiger partial charge in [-0.05, 0) is 50.3 Å². The number of piperidine rings is 1. The Hall–Kier alpha value is -0.820. The summed E-state index contributed by atoms with van der Waals surface area (Å²) in [6.07, 6.45) is 2.57. The van der Waals surface area contributed by atoms with Crippen molar-refractivity contribution in [2.45, 2.75) is 38.6 Å². The monoisotopic (exact) mass is 189 g/mol. The van der Waals surface area contributed by atoms with E-state index in [1.54, 1.807) is 5.56 Å². The van der Waals surface area contributed by atoms with Crippen LogP contribution >= 0.6 is 0 Å². The fraction of sp³-hybridized carbons (Fsp3) is 0.538. The molecule has 0 aromatic heterocycles. The second-order valence-corrected chi connectivity index (χ2v) is 4.43. The number of rotatable bonds is 1. The Bertz CT molecular complexity index is 306. The predicted molar refractivity (Wildman–Crippen MR) is 60.6 cm³/mol. The summed E-state index contributed by atoms with van der Waals surface area (Å²) in [6, 6.07) is 9.48. The summed E-state index contributed by atoms with van der Waals surface area (Å²) in [5.41, 5.74) is 3.01. The van der Waals surface area contributed by atoms with Crippen molar-refractivity contribution in [1.29, 1.82) is 0 Å². The van der Waals surface area contributed by atoms with Crippen LogP contribution in [0.5, 0.6) is 0 Å². The quantitative estimate of drug-likeness (QED) is 0.716. The fourth-order valence-electron chi connectivity index (χ4n) is 2.46. The van der Waals surface area contributed by atoms with Crippen molar-refractivity contribution in [2.75, 3.05) is 6.54 Å². The van der Waals surface area contributed by atoms with Crippen molar-refractivity contribution < 1.29 is 0 Å². The molecule has 14 heavy (non-hydrogen) atoms. The zero-order valence-corrected chi connectivity index (χ0v) is 9.09. The van der Waals surface area contributed by atoms with Crippen molar-refractivity contribution in [2.24, 2.45) is 0 Å². The van der Waals surface area contributed by atoms with E-state index in [-0.39, 0.29) is 0 Å². The standard InChI is InChI=1S/C13H19N/c1-10-5-3-4-6-13(10)12-7-8-14-11(2)9-12/h3-6,11-12,14H,7-9H2,1-2H3. The van der Waals surface area contributed by atoms with Gasteiger partial charge in [0.2, 0.25) is 0 Å². The van der Waals surface area contributed by atoms with Crippen molar-refractivity contribution in [3.63, 3.8) is 0 Å². The van der Waals surface area contributed by atoms with Crippen LogP contribution in [-0.4, -0.2) is 12.6 Å². The van der Waals surface area contributed by atoms with Crippen molar-refractivity contribution >= 4 is 0 Å². The summed E-state index contributed by atoms with van der Waals surface area (Å²) in [7, 11) is 0. The molecule has 0 amide bonds. The van der Waals surface area contributed by atoms with Crippen molar-refractivity contribution in [1.82, 2.24) is 5.32 Å². The van der Waals surface area contributed by atoms with Crippen LogP contribution in [0.3, 0.4) is 0 Å². The van der Waals surface area contributed by atoms with E-state index in [9.17, 15) is 0 Å². The SMILES string of the molecule is Cc1ccccc1C1CCNC(C)C1. The van der Waals surface area contributed by atoms with Gasteiger partial charge in [0.1, 0.15) is 0 Å². The molecular formula is C13H19N. The van der Waals surface area contributed by atoms with Gasteiger partial charge >= 0.3 is 0 Å². The van der Waals surface area contributed by atoms with Crippen LogP contribution in [0.25, 0.3) is 0 Å². The largest absolute Gasteiger partial charge is 0.314 e. The summed E-state index contributed by atoms with van der Waals surface area (Å²) in [6.45, 7) is 5.67. The minimum atomic E-state index is 0.674. The first-order chi connectivity index (χ1) is 6.77. The maximum Gasteiger partial charge on any atom is 0.00445 e. The van der Waals surface area contributed by atoms with E-state index in [4.69, 9.17) is 0 Å². The molecule has 0 bridgehead atoms. The van der Waals surface area contributed by atoms with Crippen LogP contribution in [0.2, 0.25) is 0 Å². The van der Waals surface area contributed by atoms with E-state index in [2.05, 4.69) is 43.4 Å².